The molecule has 0 atom stereocenters. The summed E-state index contributed by atoms with van der Waals surface area (Å²) >= 11 is 0. The van der Waals surface area contributed by atoms with Crippen molar-refractivity contribution < 1.29 is 14.1 Å². The molecule has 0 fully saturated rings. The van der Waals surface area contributed by atoms with Crippen LogP contribution >= 0.6 is 0 Å². The minimum absolute atomic E-state index is 0.329. The van der Waals surface area contributed by atoms with Gasteiger partial charge in [0.05, 0.1) is 6.61 Å². The second-order valence-corrected chi connectivity index (χ2v) is 4.56. The molecule has 4 heteroatoms. The topological polar surface area (TPSA) is 52.3 Å². The molecular formula is C15H17NO3. The molecule has 0 unspecified atom stereocenters. The highest BCUT2D eigenvalue weighted by Crippen LogP contribution is 2.27. The van der Waals surface area contributed by atoms with E-state index in [-0.39, 0.29) is 0 Å². The molecule has 0 aliphatic rings. The van der Waals surface area contributed by atoms with Crippen LogP contribution in [0.15, 0.2) is 22.7 Å². The number of aromatic nitrogens is 1. The largest absolute Gasteiger partial charge is 0.462 e. The Bertz CT molecular complexity index is 594. The molecule has 2 aromatic rings. The van der Waals surface area contributed by atoms with E-state index >= 15 is 0 Å². The molecule has 0 saturated carbocycles. The summed E-state index contributed by atoms with van der Waals surface area (Å²) in [6.45, 7) is 7.83. The third-order valence-electron chi connectivity index (χ3n) is 2.84. The SMILES string of the molecule is CCOC(=O)c1c(-c2cc(C)cc(C)c2)noc1C. The zero-order chi connectivity index (χ0) is 14.0. The first kappa shape index (κ1) is 13.3. The Morgan fingerprint density at radius 2 is 1.84 bits per heavy atom. The van der Waals surface area contributed by atoms with Crippen molar-refractivity contribution in [3.05, 3.63) is 40.6 Å². The van der Waals surface area contributed by atoms with E-state index in [1.165, 1.54) is 0 Å². The Morgan fingerprint density at radius 3 is 2.42 bits per heavy atom. The lowest BCUT2D eigenvalue weighted by Gasteiger charge is -2.05. The van der Waals surface area contributed by atoms with Crippen molar-refractivity contribution in [2.45, 2.75) is 27.7 Å². The summed E-state index contributed by atoms with van der Waals surface area (Å²) in [4.78, 5) is 12.0. The van der Waals surface area contributed by atoms with Crippen LogP contribution in [-0.2, 0) is 4.74 Å². The molecule has 0 N–H and O–H groups in total. The number of hydrogen-bond donors (Lipinski definition) is 0. The van der Waals surface area contributed by atoms with Crippen LogP contribution in [0.2, 0.25) is 0 Å². The highest BCUT2D eigenvalue weighted by molar-refractivity contribution is 5.97. The zero-order valence-corrected chi connectivity index (χ0v) is 11.6. The third-order valence-corrected chi connectivity index (χ3v) is 2.84. The average molecular weight is 259 g/mol. The molecule has 0 saturated heterocycles. The fraction of sp³-hybridized carbons (Fsp3) is 0.333. The van der Waals surface area contributed by atoms with Gasteiger partial charge in [0.2, 0.25) is 0 Å². The van der Waals surface area contributed by atoms with Gasteiger partial charge >= 0.3 is 5.97 Å². The first-order chi connectivity index (χ1) is 9.02. The van der Waals surface area contributed by atoms with E-state index in [0.29, 0.717) is 23.6 Å². The Kier molecular flexibility index (Phi) is 3.69. The van der Waals surface area contributed by atoms with Gasteiger partial charge in [-0.2, -0.15) is 0 Å². The summed E-state index contributed by atoms with van der Waals surface area (Å²) in [7, 11) is 0. The molecule has 0 spiro atoms. The Hall–Kier alpha value is -2.10. The number of carbonyl (C=O) groups excluding carboxylic acids is 1. The number of rotatable bonds is 3. The van der Waals surface area contributed by atoms with E-state index in [1.54, 1.807) is 13.8 Å². The summed E-state index contributed by atoms with van der Waals surface area (Å²) in [5, 5.41) is 4.00. The Morgan fingerprint density at radius 1 is 1.21 bits per heavy atom. The smallest absolute Gasteiger partial charge is 0.344 e. The molecule has 2 rings (SSSR count). The predicted molar refractivity (Wildman–Crippen MR) is 72.1 cm³/mol. The van der Waals surface area contributed by atoms with Gasteiger partial charge in [-0.1, -0.05) is 22.3 Å². The lowest BCUT2D eigenvalue weighted by molar-refractivity contribution is 0.0525. The minimum Gasteiger partial charge on any atom is -0.462 e. The first-order valence-corrected chi connectivity index (χ1v) is 6.25. The van der Waals surface area contributed by atoms with Gasteiger partial charge in [-0.05, 0) is 39.8 Å². The molecule has 1 aromatic heterocycles. The lowest BCUT2D eigenvalue weighted by atomic mass is 10.0. The molecule has 0 aliphatic carbocycles. The normalized spacial score (nSPS) is 10.5. The second-order valence-electron chi connectivity index (χ2n) is 4.56. The second kappa shape index (κ2) is 5.26. The van der Waals surface area contributed by atoms with Gasteiger partial charge < -0.3 is 9.26 Å². The van der Waals surface area contributed by atoms with Crippen molar-refractivity contribution in [2.24, 2.45) is 0 Å². The van der Waals surface area contributed by atoms with Gasteiger partial charge in [0.25, 0.3) is 0 Å². The number of esters is 1. The van der Waals surface area contributed by atoms with Gasteiger partial charge in [0, 0.05) is 5.56 Å². The Balaban J connectivity index is 2.53. The van der Waals surface area contributed by atoms with Crippen LogP contribution in [0.25, 0.3) is 11.3 Å². The van der Waals surface area contributed by atoms with Crippen molar-refractivity contribution in [3.63, 3.8) is 0 Å². The highest BCUT2D eigenvalue weighted by Gasteiger charge is 2.22. The fourth-order valence-electron chi connectivity index (χ4n) is 2.12. The average Bonchev–Trinajstić information content (AvgIpc) is 2.70. The van der Waals surface area contributed by atoms with E-state index < -0.39 is 5.97 Å². The standard InChI is InChI=1S/C15H17NO3/c1-5-18-15(17)13-11(4)19-16-14(13)12-7-9(2)6-10(3)8-12/h6-8H,5H2,1-4H3. The molecule has 4 nitrogen and oxygen atoms in total. The van der Waals surface area contributed by atoms with Gasteiger partial charge in [0.15, 0.2) is 0 Å². The Labute approximate surface area is 112 Å². The quantitative estimate of drug-likeness (QED) is 0.792. The van der Waals surface area contributed by atoms with E-state index in [4.69, 9.17) is 9.26 Å². The summed E-state index contributed by atoms with van der Waals surface area (Å²) in [5.41, 5.74) is 4.06. The number of carbonyl (C=O) groups is 1. The number of hydrogen-bond acceptors (Lipinski definition) is 4. The summed E-state index contributed by atoms with van der Waals surface area (Å²) in [5.74, 6) is 0.0861. The lowest BCUT2D eigenvalue weighted by Crippen LogP contribution is -2.06. The number of benzene rings is 1. The van der Waals surface area contributed by atoms with Gasteiger partial charge in [0.1, 0.15) is 17.0 Å². The van der Waals surface area contributed by atoms with Crippen molar-refractivity contribution >= 4 is 5.97 Å². The van der Waals surface area contributed by atoms with Crippen LogP contribution in [-0.4, -0.2) is 17.7 Å². The van der Waals surface area contributed by atoms with Crippen LogP contribution in [0, 0.1) is 20.8 Å². The van der Waals surface area contributed by atoms with Crippen LogP contribution in [0.4, 0.5) is 0 Å². The van der Waals surface area contributed by atoms with Gasteiger partial charge in [-0.3, -0.25) is 0 Å². The molecule has 1 aromatic carbocycles. The first-order valence-electron chi connectivity index (χ1n) is 6.25. The van der Waals surface area contributed by atoms with E-state index in [9.17, 15) is 4.79 Å². The third kappa shape index (κ3) is 2.67. The number of ether oxygens (including phenoxy) is 1. The molecule has 0 aliphatic heterocycles. The fourth-order valence-corrected chi connectivity index (χ4v) is 2.12. The zero-order valence-electron chi connectivity index (χ0n) is 11.6. The molecule has 19 heavy (non-hydrogen) atoms. The van der Waals surface area contributed by atoms with E-state index in [2.05, 4.69) is 11.2 Å². The van der Waals surface area contributed by atoms with Gasteiger partial charge in [-0.25, -0.2) is 4.79 Å². The van der Waals surface area contributed by atoms with Crippen molar-refractivity contribution in [1.82, 2.24) is 5.16 Å². The van der Waals surface area contributed by atoms with Crippen molar-refractivity contribution in [1.29, 1.82) is 0 Å². The molecule has 0 radical (unpaired) electrons. The van der Waals surface area contributed by atoms with Gasteiger partial charge in [-0.15, -0.1) is 0 Å². The highest BCUT2D eigenvalue weighted by atomic mass is 16.5. The van der Waals surface area contributed by atoms with Crippen LogP contribution in [0.3, 0.4) is 0 Å². The minimum atomic E-state index is -0.393. The predicted octanol–water partition coefficient (Wildman–Crippen LogP) is 3.44. The van der Waals surface area contributed by atoms with Crippen molar-refractivity contribution in [2.75, 3.05) is 6.61 Å². The van der Waals surface area contributed by atoms with E-state index in [0.717, 1.165) is 16.7 Å². The molecule has 0 amide bonds. The monoisotopic (exact) mass is 259 g/mol. The van der Waals surface area contributed by atoms with Crippen LogP contribution < -0.4 is 0 Å². The molecule has 0 bridgehead atoms. The molecular weight excluding hydrogens is 242 g/mol. The maximum Gasteiger partial charge on any atom is 0.344 e. The summed E-state index contributed by atoms with van der Waals surface area (Å²) in [6, 6.07) is 6.03. The molecule has 1 heterocycles. The maximum absolute atomic E-state index is 12.0. The molecule has 100 valence electrons. The summed E-state index contributed by atoms with van der Waals surface area (Å²) < 4.78 is 10.2. The van der Waals surface area contributed by atoms with Crippen LogP contribution in [0.5, 0.6) is 0 Å². The maximum atomic E-state index is 12.0. The van der Waals surface area contributed by atoms with Crippen LogP contribution in [0.1, 0.15) is 34.2 Å². The number of nitrogens with zero attached hydrogens (tertiary/aromatic N) is 1. The van der Waals surface area contributed by atoms with Crippen molar-refractivity contribution in [3.8, 4) is 11.3 Å². The van der Waals surface area contributed by atoms with E-state index in [1.807, 2.05) is 26.0 Å². The summed E-state index contributed by atoms with van der Waals surface area (Å²) in [6.07, 6.45) is 0. The number of aryl methyl sites for hydroxylation is 3.